The Morgan fingerprint density at radius 2 is 2.13 bits per heavy atom. The predicted molar refractivity (Wildman–Crippen MR) is 63.4 cm³/mol. The summed E-state index contributed by atoms with van der Waals surface area (Å²) in [6.07, 6.45) is 3.93. The molecule has 0 spiro atoms. The molecule has 82 valence electrons. The molecular weight excluding hydrogens is 186 g/mol. The van der Waals surface area contributed by atoms with E-state index in [1.807, 2.05) is 18.2 Å². The average Bonchev–Trinajstić information content (AvgIpc) is 3.10. The molecule has 1 aliphatic rings. The number of para-hydroxylation sites is 2. The van der Waals surface area contributed by atoms with Gasteiger partial charge in [0, 0.05) is 6.04 Å². The lowest BCUT2D eigenvalue weighted by Gasteiger charge is -2.19. The summed E-state index contributed by atoms with van der Waals surface area (Å²) in [6, 6.07) is 8.75. The van der Waals surface area contributed by atoms with E-state index in [0.717, 1.165) is 17.4 Å². The van der Waals surface area contributed by atoms with Gasteiger partial charge in [-0.15, -0.1) is 0 Å². The van der Waals surface area contributed by atoms with E-state index in [-0.39, 0.29) is 0 Å². The van der Waals surface area contributed by atoms with Crippen molar-refractivity contribution in [1.29, 1.82) is 0 Å². The minimum Gasteiger partial charge on any atom is -0.495 e. The zero-order valence-corrected chi connectivity index (χ0v) is 9.49. The molecule has 2 heteroatoms. The number of nitrogens with one attached hydrogen (secondary N) is 1. The van der Waals surface area contributed by atoms with Crippen LogP contribution in [-0.4, -0.2) is 13.2 Å². The van der Waals surface area contributed by atoms with E-state index < -0.39 is 0 Å². The Bertz CT molecular complexity index is 320. The fourth-order valence-corrected chi connectivity index (χ4v) is 2.02. The Morgan fingerprint density at radius 1 is 1.40 bits per heavy atom. The summed E-state index contributed by atoms with van der Waals surface area (Å²) in [5.74, 6) is 1.82. The highest BCUT2D eigenvalue weighted by Gasteiger charge is 2.30. The first kappa shape index (κ1) is 10.3. The van der Waals surface area contributed by atoms with E-state index >= 15 is 0 Å². The summed E-state index contributed by atoms with van der Waals surface area (Å²) in [4.78, 5) is 0. The highest BCUT2D eigenvalue weighted by Crippen LogP contribution is 2.37. The summed E-state index contributed by atoms with van der Waals surface area (Å²) in [5, 5.41) is 3.59. The molecule has 0 aliphatic heterocycles. The number of ether oxygens (including phenoxy) is 1. The zero-order chi connectivity index (χ0) is 10.7. The van der Waals surface area contributed by atoms with Crippen molar-refractivity contribution in [3.05, 3.63) is 24.3 Å². The molecule has 1 N–H and O–H groups in total. The van der Waals surface area contributed by atoms with E-state index in [1.165, 1.54) is 19.3 Å². The van der Waals surface area contributed by atoms with Crippen LogP contribution in [0.5, 0.6) is 5.75 Å². The molecule has 2 nitrogen and oxygen atoms in total. The SMILES string of the molecule is CC[C@H](Nc1ccccc1OC)C1CC1. The maximum atomic E-state index is 5.33. The van der Waals surface area contributed by atoms with Gasteiger partial charge >= 0.3 is 0 Å². The standard InChI is InChI=1S/C13H19NO/c1-3-11(10-8-9-10)14-12-6-4-5-7-13(12)15-2/h4-7,10-11,14H,3,8-9H2,1-2H3/t11-/m0/s1. The average molecular weight is 205 g/mol. The Kier molecular flexibility index (Phi) is 3.14. The van der Waals surface area contributed by atoms with Crippen molar-refractivity contribution in [3.8, 4) is 5.75 Å². The second-order valence-corrected chi connectivity index (χ2v) is 4.20. The van der Waals surface area contributed by atoms with Gasteiger partial charge in [-0.2, -0.15) is 0 Å². The minimum atomic E-state index is 0.612. The molecule has 1 aromatic rings. The smallest absolute Gasteiger partial charge is 0.141 e. The number of hydrogen-bond acceptors (Lipinski definition) is 2. The van der Waals surface area contributed by atoms with Gasteiger partial charge in [-0.1, -0.05) is 19.1 Å². The van der Waals surface area contributed by atoms with Gasteiger partial charge in [0.15, 0.2) is 0 Å². The van der Waals surface area contributed by atoms with Crippen molar-refractivity contribution in [2.75, 3.05) is 12.4 Å². The van der Waals surface area contributed by atoms with E-state index in [9.17, 15) is 0 Å². The normalized spacial score (nSPS) is 17.2. The Balaban J connectivity index is 2.07. The van der Waals surface area contributed by atoms with Crippen LogP contribution in [0.25, 0.3) is 0 Å². The number of anilines is 1. The van der Waals surface area contributed by atoms with Gasteiger partial charge in [-0.25, -0.2) is 0 Å². The van der Waals surface area contributed by atoms with E-state index in [4.69, 9.17) is 4.74 Å². The van der Waals surface area contributed by atoms with Crippen molar-refractivity contribution < 1.29 is 4.74 Å². The van der Waals surface area contributed by atoms with Gasteiger partial charge in [0.2, 0.25) is 0 Å². The molecule has 0 aromatic heterocycles. The van der Waals surface area contributed by atoms with Crippen LogP contribution in [0.4, 0.5) is 5.69 Å². The predicted octanol–water partition coefficient (Wildman–Crippen LogP) is 3.30. The lowest BCUT2D eigenvalue weighted by atomic mass is 10.1. The third-order valence-electron chi connectivity index (χ3n) is 3.08. The van der Waals surface area contributed by atoms with Crippen LogP contribution in [0.15, 0.2) is 24.3 Å². The molecule has 1 saturated carbocycles. The van der Waals surface area contributed by atoms with E-state index in [0.29, 0.717) is 6.04 Å². The van der Waals surface area contributed by atoms with Gasteiger partial charge < -0.3 is 10.1 Å². The molecule has 0 radical (unpaired) electrons. The Hall–Kier alpha value is -1.18. The van der Waals surface area contributed by atoms with Crippen LogP contribution in [-0.2, 0) is 0 Å². The molecule has 1 fully saturated rings. The van der Waals surface area contributed by atoms with E-state index in [1.54, 1.807) is 7.11 Å². The van der Waals surface area contributed by atoms with Gasteiger partial charge in [0.05, 0.1) is 12.8 Å². The summed E-state index contributed by atoms with van der Waals surface area (Å²) in [6.45, 7) is 2.24. The molecule has 0 bridgehead atoms. The summed E-state index contributed by atoms with van der Waals surface area (Å²) < 4.78 is 5.33. The summed E-state index contributed by atoms with van der Waals surface area (Å²) in [5.41, 5.74) is 1.12. The lowest BCUT2D eigenvalue weighted by molar-refractivity contribution is 0.415. The van der Waals surface area contributed by atoms with Crippen LogP contribution in [0, 0.1) is 5.92 Å². The summed E-state index contributed by atoms with van der Waals surface area (Å²) in [7, 11) is 1.72. The maximum Gasteiger partial charge on any atom is 0.141 e. The van der Waals surface area contributed by atoms with Crippen LogP contribution < -0.4 is 10.1 Å². The van der Waals surface area contributed by atoms with Crippen LogP contribution in [0.2, 0.25) is 0 Å². The fourth-order valence-electron chi connectivity index (χ4n) is 2.02. The third-order valence-corrected chi connectivity index (χ3v) is 3.08. The van der Waals surface area contributed by atoms with Crippen molar-refractivity contribution in [3.63, 3.8) is 0 Å². The summed E-state index contributed by atoms with van der Waals surface area (Å²) >= 11 is 0. The van der Waals surface area contributed by atoms with Crippen molar-refractivity contribution in [2.45, 2.75) is 32.2 Å². The monoisotopic (exact) mass is 205 g/mol. The first-order chi connectivity index (χ1) is 7.35. The highest BCUT2D eigenvalue weighted by molar-refractivity contribution is 5.56. The number of rotatable bonds is 5. The minimum absolute atomic E-state index is 0.612. The maximum absolute atomic E-state index is 5.33. The van der Waals surface area contributed by atoms with Gasteiger partial charge in [0.25, 0.3) is 0 Å². The molecule has 0 amide bonds. The fraction of sp³-hybridized carbons (Fsp3) is 0.538. The molecule has 1 atom stereocenters. The first-order valence-electron chi connectivity index (χ1n) is 5.74. The number of methoxy groups -OCH3 is 1. The molecular formula is C13H19NO. The quantitative estimate of drug-likeness (QED) is 0.796. The Morgan fingerprint density at radius 3 is 2.73 bits per heavy atom. The second-order valence-electron chi connectivity index (χ2n) is 4.20. The Labute approximate surface area is 91.6 Å². The molecule has 0 saturated heterocycles. The van der Waals surface area contributed by atoms with Gasteiger partial charge in [0.1, 0.15) is 5.75 Å². The van der Waals surface area contributed by atoms with E-state index in [2.05, 4.69) is 18.3 Å². The van der Waals surface area contributed by atoms with Crippen LogP contribution in [0.3, 0.4) is 0 Å². The van der Waals surface area contributed by atoms with Crippen molar-refractivity contribution in [1.82, 2.24) is 0 Å². The van der Waals surface area contributed by atoms with Gasteiger partial charge in [-0.3, -0.25) is 0 Å². The molecule has 1 aliphatic carbocycles. The topological polar surface area (TPSA) is 21.3 Å². The number of benzene rings is 1. The molecule has 2 rings (SSSR count). The van der Waals surface area contributed by atoms with Crippen molar-refractivity contribution in [2.24, 2.45) is 5.92 Å². The van der Waals surface area contributed by atoms with Crippen molar-refractivity contribution >= 4 is 5.69 Å². The largest absolute Gasteiger partial charge is 0.495 e. The number of hydrogen-bond donors (Lipinski definition) is 1. The highest BCUT2D eigenvalue weighted by atomic mass is 16.5. The van der Waals surface area contributed by atoms with Crippen LogP contribution in [0.1, 0.15) is 26.2 Å². The second kappa shape index (κ2) is 4.56. The first-order valence-corrected chi connectivity index (χ1v) is 5.74. The van der Waals surface area contributed by atoms with Crippen LogP contribution >= 0.6 is 0 Å². The third kappa shape index (κ3) is 2.44. The molecule has 0 heterocycles. The lowest BCUT2D eigenvalue weighted by Crippen LogP contribution is -2.20. The zero-order valence-electron chi connectivity index (χ0n) is 9.49. The molecule has 0 unspecified atom stereocenters. The molecule has 15 heavy (non-hydrogen) atoms. The molecule has 1 aromatic carbocycles. The van der Waals surface area contributed by atoms with Gasteiger partial charge in [-0.05, 0) is 37.3 Å².